The third kappa shape index (κ3) is 5.45. The largest absolute Gasteiger partial charge is 0.494 e. The average Bonchev–Trinajstić information content (AvgIpc) is 3.26. The normalized spacial score (nSPS) is 24.5. The molecule has 1 amide bonds. The lowest BCUT2D eigenvalue weighted by Crippen LogP contribution is -2.45. The minimum absolute atomic E-state index is 0.000684. The average molecular weight is 381 g/mol. The molecule has 2 heterocycles. The van der Waals surface area contributed by atoms with Crippen LogP contribution in [0.3, 0.4) is 0 Å². The van der Waals surface area contributed by atoms with Crippen LogP contribution >= 0.6 is 0 Å². The number of amides is 1. The van der Waals surface area contributed by atoms with Crippen LogP contribution in [0.1, 0.15) is 32.1 Å². The van der Waals surface area contributed by atoms with E-state index in [4.69, 9.17) is 9.47 Å². The van der Waals surface area contributed by atoms with Crippen LogP contribution in [-0.4, -0.2) is 62.6 Å². The topological polar surface area (TPSA) is 72.9 Å². The first-order valence-corrected chi connectivity index (χ1v) is 11.1. The van der Waals surface area contributed by atoms with Gasteiger partial charge in [-0.15, -0.1) is 0 Å². The lowest BCUT2D eigenvalue weighted by molar-refractivity contribution is -0.135. The van der Waals surface area contributed by atoms with Gasteiger partial charge in [-0.05, 0) is 37.8 Å². The Balaban J connectivity index is 1.52. The Morgan fingerprint density at radius 3 is 2.69 bits per heavy atom. The van der Waals surface area contributed by atoms with E-state index >= 15 is 0 Å². The summed E-state index contributed by atoms with van der Waals surface area (Å²) in [6.07, 6.45) is 3.45. The summed E-state index contributed by atoms with van der Waals surface area (Å²) in [7, 11) is -3.03. The van der Waals surface area contributed by atoms with Gasteiger partial charge in [0.15, 0.2) is 9.84 Å². The van der Waals surface area contributed by atoms with Gasteiger partial charge in [0.05, 0.1) is 24.2 Å². The molecule has 2 aliphatic heterocycles. The third-order valence-corrected chi connectivity index (χ3v) is 6.69. The predicted octanol–water partition coefficient (Wildman–Crippen LogP) is 2.04. The van der Waals surface area contributed by atoms with Crippen molar-refractivity contribution in [1.29, 1.82) is 0 Å². The maximum Gasteiger partial charge on any atom is 0.223 e. The van der Waals surface area contributed by atoms with Crippen molar-refractivity contribution in [3.63, 3.8) is 0 Å². The number of benzene rings is 1. The maximum absolute atomic E-state index is 12.8. The fourth-order valence-corrected chi connectivity index (χ4v) is 5.29. The van der Waals surface area contributed by atoms with Gasteiger partial charge in [0.25, 0.3) is 0 Å². The summed E-state index contributed by atoms with van der Waals surface area (Å²) in [6, 6.07) is 9.29. The van der Waals surface area contributed by atoms with E-state index in [1.807, 2.05) is 30.3 Å². The Labute approximate surface area is 155 Å². The smallest absolute Gasteiger partial charge is 0.223 e. The molecule has 1 aromatic carbocycles. The highest BCUT2D eigenvalue weighted by atomic mass is 32.2. The second-order valence-corrected chi connectivity index (χ2v) is 9.23. The van der Waals surface area contributed by atoms with Gasteiger partial charge in [-0.1, -0.05) is 18.2 Å². The molecule has 0 radical (unpaired) electrons. The minimum atomic E-state index is -3.03. The van der Waals surface area contributed by atoms with Crippen LogP contribution in [0.4, 0.5) is 0 Å². The summed E-state index contributed by atoms with van der Waals surface area (Å²) in [5, 5.41) is 0. The Morgan fingerprint density at radius 1 is 1.23 bits per heavy atom. The molecule has 2 aliphatic rings. The molecule has 0 aliphatic carbocycles. The summed E-state index contributed by atoms with van der Waals surface area (Å²) in [5.41, 5.74) is 0. The van der Waals surface area contributed by atoms with Crippen LogP contribution in [0, 0.1) is 0 Å². The second kappa shape index (κ2) is 8.86. The highest BCUT2D eigenvalue weighted by molar-refractivity contribution is 7.91. The van der Waals surface area contributed by atoms with Crippen molar-refractivity contribution in [2.75, 3.05) is 31.3 Å². The first kappa shape index (κ1) is 19.2. The molecule has 0 N–H and O–H groups in total. The molecule has 7 heteroatoms. The van der Waals surface area contributed by atoms with Crippen molar-refractivity contribution in [2.24, 2.45) is 0 Å². The Morgan fingerprint density at radius 2 is 2.04 bits per heavy atom. The van der Waals surface area contributed by atoms with Crippen molar-refractivity contribution >= 4 is 15.7 Å². The predicted molar refractivity (Wildman–Crippen MR) is 98.9 cm³/mol. The molecule has 6 nitrogen and oxygen atoms in total. The van der Waals surface area contributed by atoms with Crippen LogP contribution in [0.25, 0.3) is 0 Å². The van der Waals surface area contributed by atoms with Gasteiger partial charge in [-0.3, -0.25) is 4.79 Å². The van der Waals surface area contributed by atoms with Crippen LogP contribution in [0.2, 0.25) is 0 Å². The standard InChI is InChI=1S/C19H27NO5S/c21-19(9-5-12-24-17-6-2-1-3-7-17)20(14-18-8-4-11-25-18)16-10-13-26(22,23)15-16/h1-3,6-7,16,18H,4-5,8-15H2. The number of hydrogen-bond donors (Lipinski definition) is 0. The highest BCUT2D eigenvalue weighted by Crippen LogP contribution is 2.22. The number of para-hydroxylation sites is 1. The van der Waals surface area contributed by atoms with E-state index in [0.29, 0.717) is 32.4 Å². The molecule has 3 rings (SSSR count). The van der Waals surface area contributed by atoms with Crippen molar-refractivity contribution < 1.29 is 22.7 Å². The van der Waals surface area contributed by atoms with Gasteiger partial charge in [0.1, 0.15) is 5.75 Å². The zero-order chi connectivity index (χ0) is 18.4. The lowest BCUT2D eigenvalue weighted by atomic mass is 10.1. The summed E-state index contributed by atoms with van der Waals surface area (Å²) in [5.74, 6) is 1.04. The van der Waals surface area contributed by atoms with Crippen LogP contribution in [-0.2, 0) is 19.4 Å². The van der Waals surface area contributed by atoms with Gasteiger partial charge in [-0.25, -0.2) is 8.42 Å². The fourth-order valence-electron chi connectivity index (χ4n) is 3.56. The molecule has 2 unspecified atom stereocenters. The maximum atomic E-state index is 12.8. The van der Waals surface area contributed by atoms with E-state index in [-0.39, 0.29) is 29.6 Å². The second-order valence-electron chi connectivity index (χ2n) is 7.00. The number of sulfone groups is 1. The molecule has 0 bridgehead atoms. The molecule has 1 aromatic rings. The van der Waals surface area contributed by atoms with Crippen LogP contribution in [0.15, 0.2) is 30.3 Å². The summed E-state index contributed by atoms with van der Waals surface area (Å²) >= 11 is 0. The van der Waals surface area contributed by atoms with E-state index in [1.54, 1.807) is 4.90 Å². The Hall–Kier alpha value is -1.60. The molecule has 144 valence electrons. The van der Waals surface area contributed by atoms with Gasteiger partial charge >= 0.3 is 0 Å². The summed E-state index contributed by atoms with van der Waals surface area (Å²) in [4.78, 5) is 14.5. The molecule has 26 heavy (non-hydrogen) atoms. The number of rotatable bonds is 8. The fraction of sp³-hybridized carbons (Fsp3) is 0.632. The summed E-state index contributed by atoms with van der Waals surface area (Å²) < 4.78 is 35.0. The van der Waals surface area contributed by atoms with Crippen LogP contribution < -0.4 is 4.74 Å². The molecule has 2 fully saturated rings. The molecule has 0 aromatic heterocycles. The van der Waals surface area contributed by atoms with Gasteiger partial charge in [-0.2, -0.15) is 0 Å². The number of nitrogens with zero attached hydrogens (tertiary/aromatic N) is 1. The molecule has 2 saturated heterocycles. The lowest BCUT2D eigenvalue weighted by Gasteiger charge is -2.30. The third-order valence-electron chi connectivity index (χ3n) is 4.94. The number of hydrogen-bond acceptors (Lipinski definition) is 5. The minimum Gasteiger partial charge on any atom is -0.494 e. The molecule has 0 spiro atoms. The van der Waals surface area contributed by atoms with Gasteiger partial charge < -0.3 is 14.4 Å². The van der Waals surface area contributed by atoms with E-state index in [9.17, 15) is 13.2 Å². The Kier molecular flexibility index (Phi) is 6.53. The monoisotopic (exact) mass is 381 g/mol. The van der Waals surface area contributed by atoms with E-state index in [0.717, 1.165) is 25.2 Å². The zero-order valence-corrected chi connectivity index (χ0v) is 15.8. The first-order chi connectivity index (χ1) is 12.5. The number of carbonyl (C=O) groups is 1. The quantitative estimate of drug-likeness (QED) is 0.645. The summed E-state index contributed by atoms with van der Waals surface area (Å²) in [6.45, 7) is 1.69. The SMILES string of the molecule is O=C(CCCOc1ccccc1)N(CC1CCCO1)C1CCS(=O)(=O)C1. The molecular weight excluding hydrogens is 354 g/mol. The first-order valence-electron chi connectivity index (χ1n) is 9.33. The molecule has 2 atom stereocenters. The van der Waals surface area contributed by atoms with E-state index < -0.39 is 9.84 Å². The van der Waals surface area contributed by atoms with Gasteiger partial charge in [0, 0.05) is 25.6 Å². The van der Waals surface area contributed by atoms with E-state index in [2.05, 4.69) is 0 Å². The highest BCUT2D eigenvalue weighted by Gasteiger charge is 2.36. The molecular formula is C19H27NO5S. The molecule has 0 saturated carbocycles. The van der Waals surface area contributed by atoms with Crippen molar-refractivity contribution in [1.82, 2.24) is 4.90 Å². The number of ether oxygens (including phenoxy) is 2. The van der Waals surface area contributed by atoms with Crippen molar-refractivity contribution in [3.05, 3.63) is 30.3 Å². The van der Waals surface area contributed by atoms with Crippen molar-refractivity contribution in [2.45, 2.75) is 44.2 Å². The van der Waals surface area contributed by atoms with Crippen molar-refractivity contribution in [3.8, 4) is 5.75 Å². The Bertz CT molecular complexity index is 685. The van der Waals surface area contributed by atoms with E-state index in [1.165, 1.54) is 0 Å². The van der Waals surface area contributed by atoms with Gasteiger partial charge in [0.2, 0.25) is 5.91 Å². The van der Waals surface area contributed by atoms with Crippen LogP contribution in [0.5, 0.6) is 5.75 Å². The zero-order valence-electron chi connectivity index (χ0n) is 15.0. The number of carbonyl (C=O) groups excluding carboxylic acids is 1.